The average molecular weight is 1450 g/mol. The molecular weight excluding hydrogens is 1360 g/mol. The highest BCUT2D eigenvalue weighted by atomic mass is 35.5. The van der Waals surface area contributed by atoms with E-state index in [-0.39, 0.29) is 80.9 Å². The summed E-state index contributed by atoms with van der Waals surface area (Å²) < 4.78 is 51.1. The minimum Gasteiger partial charge on any atom is -0.495 e. The molecule has 0 saturated heterocycles. The Labute approximate surface area is 600 Å². The number of carbonyl (C=O) groups is 3. The van der Waals surface area contributed by atoms with Gasteiger partial charge < -0.3 is 52.6 Å². The Morgan fingerprint density at radius 1 is 0.544 bits per heavy atom. The fourth-order valence-corrected chi connectivity index (χ4v) is 15.0. The van der Waals surface area contributed by atoms with Crippen LogP contribution in [-0.2, 0) is 20.6 Å². The van der Waals surface area contributed by atoms with Crippen molar-refractivity contribution in [3.05, 3.63) is 143 Å². The summed E-state index contributed by atoms with van der Waals surface area (Å²) in [6, 6.07) is 27.0. The summed E-state index contributed by atoms with van der Waals surface area (Å²) >= 11 is 12.8. The standard InChI is InChI=1S/C26H22Cl2N6O2.C23H27N7O2.C21H20F3N7O.3CH4/c27-16-8-9-19(28)18(11-16)17-3-1-2-15-10-20(32-21(15)17)22-23-24(29)30-12-31-34(23)25(33-22)13-4-6-14(7-5-13)26(35)36;1-29(2)23(31)14-9-7-13(8-10-14)22-28-19(20-21(24)25-12-26-30(20)22)16-11-15-5-4-6-17(32-3)18(15)27-16;22-21(23,24)13-3-1-2-12-8-14(29-15(12)13)16-17-18(25)27-9-28-31(17)20(30-16)11-6-4-10(5-7-11)19(26)32;;;/h1-3,8-14,32H,4-7H2,(H,35,36)(H2,29,30,31);4-6,11-14,27H,7-10H2,1-3H3,(H2,24,25,26);1-3,8-11,29H,4-7H2,(H2,26,32)(H2,25,27,28);3*1H4. The van der Waals surface area contributed by atoms with E-state index in [1.54, 1.807) is 45.3 Å². The molecule has 3 aliphatic carbocycles. The number of nitrogens with two attached hydrogens (primary N) is 4. The Morgan fingerprint density at radius 3 is 1.39 bits per heavy atom. The monoisotopic (exact) mass is 1440 g/mol. The van der Waals surface area contributed by atoms with Crippen molar-refractivity contribution in [1.82, 2.24) is 78.6 Å². The Balaban J connectivity index is 0.000000153. The molecule has 3 aliphatic rings. The normalized spacial score (nSPS) is 18.3. The summed E-state index contributed by atoms with van der Waals surface area (Å²) in [6.07, 6.45) is 8.52. The lowest BCUT2D eigenvalue weighted by Crippen LogP contribution is -2.32. The topological polar surface area (TPSA) is 365 Å². The number of benzene rings is 4. The SMILES string of the molecule is C.C.C.COc1cccc2cc(-c3nc(C4CCC(C(=O)N(C)C)CC4)n4ncnc(N)c34)[nH]c12.NC(=O)C1CCC(c2nc(-c3cc4cccc(C(F)(F)F)c4[nH]3)c3c(N)ncnn23)CC1.Nc1ncnn2c(C3CCC(C(=O)O)CC3)nc(-c3cc4cccc(-c5cc(Cl)ccc5Cl)c4[nH]3)c12. The number of rotatable bonds is 11. The summed E-state index contributed by atoms with van der Waals surface area (Å²) in [6.45, 7) is 0. The number of carboxylic acids is 1. The molecule has 103 heavy (non-hydrogen) atoms. The molecule has 12 N–H and O–H groups in total. The van der Waals surface area contributed by atoms with Gasteiger partial charge in [-0.1, -0.05) is 87.9 Å². The minimum atomic E-state index is -4.50. The number of carboxylic acid groups (broad SMARTS) is 1. The van der Waals surface area contributed by atoms with Crippen LogP contribution in [0.3, 0.4) is 0 Å². The number of halogens is 5. The number of alkyl halides is 3. The first kappa shape index (κ1) is 73.4. The number of aliphatic carboxylic acids is 1. The van der Waals surface area contributed by atoms with Crippen LogP contribution in [0.15, 0.2) is 110 Å². The van der Waals surface area contributed by atoms with E-state index in [4.69, 9.17) is 65.8 Å². The number of fused-ring (bicyclic) bond motifs is 6. The van der Waals surface area contributed by atoms with E-state index in [0.717, 1.165) is 112 Å². The third-order valence-corrected chi connectivity index (χ3v) is 20.3. The van der Waals surface area contributed by atoms with Crippen LogP contribution in [0.2, 0.25) is 10.0 Å². The number of nitrogens with one attached hydrogen (secondary N) is 3. The van der Waals surface area contributed by atoms with E-state index >= 15 is 0 Å². The zero-order valence-corrected chi connectivity index (χ0v) is 55.9. The van der Waals surface area contributed by atoms with E-state index in [1.807, 2.05) is 73.2 Å². The van der Waals surface area contributed by atoms with E-state index in [0.29, 0.717) is 105 Å². The molecule has 4 aromatic carbocycles. The number of methoxy groups -OCH3 is 1. The second kappa shape index (κ2) is 29.6. The Morgan fingerprint density at radius 2 is 0.951 bits per heavy atom. The molecule has 25 nitrogen and oxygen atoms in total. The van der Waals surface area contributed by atoms with Crippen molar-refractivity contribution in [2.24, 2.45) is 23.5 Å². The number of ether oxygens (including phenoxy) is 1. The molecule has 16 rings (SSSR count). The van der Waals surface area contributed by atoms with Crippen molar-refractivity contribution in [2.75, 3.05) is 38.4 Å². The second-order valence-electron chi connectivity index (χ2n) is 25.9. The fourth-order valence-electron chi connectivity index (χ4n) is 14.6. The number of imidazole rings is 3. The van der Waals surface area contributed by atoms with Crippen LogP contribution in [0, 0.1) is 17.8 Å². The number of nitrogens with zero attached hydrogens (tertiary/aromatic N) is 13. The molecule has 0 bridgehead atoms. The van der Waals surface area contributed by atoms with Crippen LogP contribution in [0.4, 0.5) is 30.6 Å². The number of carbonyl (C=O) groups excluding carboxylic acids is 2. The van der Waals surface area contributed by atoms with Crippen LogP contribution in [0.5, 0.6) is 5.75 Å². The fraction of sp³-hybridized carbons (Fsp3) is 0.342. The molecule has 9 heterocycles. The van der Waals surface area contributed by atoms with Gasteiger partial charge in [-0.25, -0.2) is 43.5 Å². The molecule has 0 spiro atoms. The first-order valence-corrected chi connectivity index (χ1v) is 33.5. The quantitative estimate of drug-likeness (QED) is 0.0596. The third kappa shape index (κ3) is 13.9. The summed E-state index contributed by atoms with van der Waals surface area (Å²) in [4.78, 5) is 74.1. The second-order valence-corrected chi connectivity index (χ2v) is 26.8. The zero-order chi connectivity index (χ0) is 70.0. The summed E-state index contributed by atoms with van der Waals surface area (Å²) in [7, 11) is 5.29. The van der Waals surface area contributed by atoms with E-state index in [2.05, 4.69) is 45.2 Å². The van der Waals surface area contributed by atoms with Gasteiger partial charge in [-0.2, -0.15) is 28.5 Å². The number of aromatic amines is 3. The molecule has 2 amide bonds. The van der Waals surface area contributed by atoms with Crippen molar-refractivity contribution >= 4 is 108 Å². The largest absolute Gasteiger partial charge is 0.495 e. The molecule has 0 unspecified atom stereocenters. The van der Waals surface area contributed by atoms with E-state index in [9.17, 15) is 32.7 Å². The zero-order valence-electron chi connectivity index (χ0n) is 54.4. The number of primary amides is 1. The lowest BCUT2D eigenvalue weighted by molar-refractivity contribution is -0.143. The van der Waals surface area contributed by atoms with Gasteiger partial charge >= 0.3 is 12.1 Å². The van der Waals surface area contributed by atoms with Crippen LogP contribution in [-0.4, -0.2) is 123 Å². The van der Waals surface area contributed by atoms with Gasteiger partial charge in [-0.3, -0.25) is 14.4 Å². The molecule has 30 heteroatoms. The minimum absolute atomic E-state index is 0. The smallest absolute Gasteiger partial charge is 0.418 e. The summed E-state index contributed by atoms with van der Waals surface area (Å²) in [5.74, 6) is 3.01. The van der Waals surface area contributed by atoms with Crippen molar-refractivity contribution in [1.29, 1.82) is 0 Å². The number of hydrogen-bond donors (Lipinski definition) is 8. The van der Waals surface area contributed by atoms with Gasteiger partial charge in [0, 0.05) is 81.0 Å². The molecular formula is C73H81Cl2F3N20O5. The maximum Gasteiger partial charge on any atom is 0.418 e. The summed E-state index contributed by atoms with van der Waals surface area (Å²) in [5, 5.41) is 26.3. The Hall–Kier alpha value is -10.9. The molecule has 538 valence electrons. The van der Waals surface area contributed by atoms with Gasteiger partial charge in [0.15, 0.2) is 17.5 Å². The molecule has 3 saturated carbocycles. The molecule has 13 aromatic rings. The number of hydrogen-bond acceptors (Lipinski definition) is 16. The van der Waals surface area contributed by atoms with E-state index in [1.165, 1.54) is 25.0 Å². The lowest BCUT2D eigenvalue weighted by Gasteiger charge is -2.28. The predicted octanol–water partition coefficient (Wildman–Crippen LogP) is 15.0. The average Bonchev–Trinajstić information content (AvgIpc) is 1.61. The first-order chi connectivity index (χ1) is 48.1. The number of para-hydroxylation sites is 3. The van der Waals surface area contributed by atoms with Gasteiger partial charge in [-0.15, -0.1) is 0 Å². The van der Waals surface area contributed by atoms with Crippen LogP contribution in [0.1, 0.15) is 140 Å². The third-order valence-electron chi connectivity index (χ3n) is 19.7. The highest BCUT2D eigenvalue weighted by molar-refractivity contribution is 6.35. The predicted molar refractivity (Wildman–Crippen MR) is 394 cm³/mol. The highest BCUT2D eigenvalue weighted by Gasteiger charge is 2.37. The van der Waals surface area contributed by atoms with Crippen molar-refractivity contribution in [2.45, 2.75) is 123 Å². The van der Waals surface area contributed by atoms with Crippen LogP contribution in [0.25, 0.3) is 94.5 Å². The van der Waals surface area contributed by atoms with Gasteiger partial charge in [0.05, 0.1) is 52.2 Å². The number of anilines is 3. The van der Waals surface area contributed by atoms with Gasteiger partial charge in [-0.05, 0) is 126 Å². The van der Waals surface area contributed by atoms with Crippen molar-refractivity contribution < 1.29 is 37.4 Å². The molecule has 0 radical (unpaired) electrons. The van der Waals surface area contributed by atoms with E-state index < -0.39 is 17.7 Å². The molecule has 3 fully saturated rings. The van der Waals surface area contributed by atoms with Crippen LogP contribution >= 0.6 is 23.2 Å². The molecule has 0 atom stereocenters. The Kier molecular flexibility index (Phi) is 21.1. The lowest BCUT2D eigenvalue weighted by atomic mass is 9.81. The number of H-pyrrole nitrogens is 3. The number of nitrogen functional groups attached to an aromatic ring is 3. The number of amides is 2. The Bertz CT molecular complexity index is 5310. The summed E-state index contributed by atoms with van der Waals surface area (Å²) in [5.41, 5.74) is 32.5. The van der Waals surface area contributed by atoms with Crippen molar-refractivity contribution in [3.63, 3.8) is 0 Å². The highest BCUT2D eigenvalue weighted by Crippen LogP contribution is 2.45. The van der Waals surface area contributed by atoms with Gasteiger partial charge in [0.2, 0.25) is 11.8 Å². The molecule has 9 aromatic heterocycles. The van der Waals surface area contributed by atoms with Gasteiger partial charge in [0.1, 0.15) is 75.8 Å². The maximum atomic E-state index is 13.5. The van der Waals surface area contributed by atoms with Gasteiger partial charge in [0.25, 0.3) is 0 Å². The molecule has 0 aliphatic heterocycles. The number of aromatic nitrogens is 15. The van der Waals surface area contributed by atoms with Crippen LogP contribution < -0.4 is 27.7 Å². The maximum absolute atomic E-state index is 13.5. The first-order valence-electron chi connectivity index (χ1n) is 32.8. The van der Waals surface area contributed by atoms with Crippen molar-refractivity contribution in [3.8, 4) is 51.0 Å².